The Hall–Kier alpha value is -1.93. The van der Waals surface area contributed by atoms with E-state index < -0.39 is 0 Å². The molecule has 0 bridgehead atoms. The van der Waals surface area contributed by atoms with Gasteiger partial charge in [0.25, 0.3) is 0 Å². The summed E-state index contributed by atoms with van der Waals surface area (Å²) in [5.74, 6) is 0.277. The van der Waals surface area contributed by atoms with Crippen molar-refractivity contribution in [2.45, 2.75) is 51.7 Å². The van der Waals surface area contributed by atoms with Crippen LogP contribution in [0.15, 0.2) is 23.4 Å². The van der Waals surface area contributed by atoms with Gasteiger partial charge in [-0.15, -0.1) is 5.10 Å². The van der Waals surface area contributed by atoms with Gasteiger partial charge < -0.3 is 10.6 Å². The number of aromatic nitrogens is 4. The summed E-state index contributed by atoms with van der Waals surface area (Å²) in [7, 11) is 0. The first-order valence-corrected chi connectivity index (χ1v) is 9.75. The quantitative estimate of drug-likeness (QED) is 0.543. The summed E-state index contributed by atoms with van der Waals surface area (Å²) >= 11 is 1.34. The Bertz CT molecular complexity index is 738. The number of thioether (sulfide) groups is 1. The number of carbonyl (C=O) groups is 1. The van der Waals surface area contributed by atoms with Crippen LogP contribution in [0.3, 0.4) is 0 Å². The molecule has 0 spiro atoms. The number of nitrogens with one attached hydrogen (secondary N) is 2. The minimum atomic E-state index is -0.0130. The molecule has 0 saturated carbocycles. The van der Waals surface area contributed by atoms with Gasteiger partial charge in [-0.2, -0.15) is 4.68 Å². The second-order valence-electron chi connectivity index (χ2n) is 7.33. The molecule has 0 radical (unpaired) electrons. The zero-order chi connectivity index (χ0) is 19.2. The van der Waals surface area contributed by atoms with Crippen molar-refractivity contribution < 1.29 is 4.79 Å². The largest absolute Gasteiger partial charge is 0.355 e. The normalized spacial score (nSPS) is 11.6. The predicted octanol–water partition coefficient (Wildman–Crippen LogP) is 2.27. The predicted molar refractivity (Wildman–Crippen MR) is 105 cm³/mol. The fourth-order valence-corrected chi connectivity index (χ4v) is 3.14. The lowest BCUT2D eigenvalue weighted by Gasteiger charge is -2.20. The molecule has 0 aliphatic carbocycles. The number of amides is 1. The van der Waals surface area contributed by atoms with Gasteiger partial charge in [-0.25, -0.2) is 0 Å². The molecule has 1 amide bonds. The van der Waals surface area contributed by atoms with E-state index >= 15 is 0 Å². The Labute approximate surface area is 159 Å². The number of hydrogen-bond donors (Lipinski definition) is 2. The highest BCUT2D eigenvalue weighted by Gasteiger charge is 2.13. The molecule has 2 rings (SSSR count). The van der Waals surface area contributed by atoms with Crippen LogP contribution in [0.25, 0.3) is 5.69 Å². The van der Waals surface area contributed by atoms with Crippen molar-refractivity contribution in [2.75, 3.05) is 18.8 Å². The van der Waals surface area contributed by atoms with Crippen molar-refractivity contribution in [3.63, 3.8) is 0 Å². The monoisotopic (exact) mass is 376 g/mol. The molecule has 0 unspecified atom stereocenters. The molecular weight excluding hydrogens is 348 g/mol. The van der Waals surface area contributed by atoms with Crippen LogP contribution in [0, 0.1) is 13.8 Å². The smallest absolute Gasteiger partial charge is 0.230 e. The van der Waals surface area contributed by atoms with E-state index in [4.69, 9.17) is 0 Å². The molecule has 1 heterocycles. The topological polar surface area (TPSA) is 84.7 Å². The van der Waals surface area contributed by atoms with E-state index in [9.17, 15) is 4.79 Å². The fourth-order valence-electron chi connectivity index (χ4n) is 2.42. The van der Waals surface area contributed by atoms with Crippen molar-refractivity contribution in [1.29, 1.82) is 0 Å². The van der Waals surface area contributed by atoms with Crippen LogP contribution in [0.4, 0.5) is 0 Å². The first-order valence-electron chi connectivity index (χ1n) is 8.77. The number of carbonyl (C=O) groups excluding carboxylic acids is 1. The summed E-state index contributed by atoms with van der Waals surface area (Å²) in [5, 5.41) is 18.8. The molecule has 7 nitrogen and oxygen atoms in total. The van der Waals surface area contributed by atoms with Gasteiger partial charge in [0.2, 0.25) is 11.1 Å². The van der Waals surface area contributed by atoms with Gasteiger partial charge in [-0.3, -0.25) is 4.79 Å². The van der Waals surface area contributed by atoms with Gasteiger partial charge >= 0.3 is 0 Å². The van der Waals surface area contributed by atoms with Crippen LogP contribution in [0.1, 0.15) is 38.3 Å². The second kappa shape index (κ2) is 9.14. The van der Waals surface area contributed by atoms with Crippen LogP contribution in [0.5, 0.6) is 0 Å². The Morgan fingerprint density at radius 2 is 2.00 bits per heavy atom. The SMILES string of the molecule is Cc1ccc(-n2nnnc2SCC(=O)NCCCNC(C)(C)C)c(C)c1. The van der Waals surface area contributed by atoms with E-state index in [0.29, 0.717) is 11.7 Å². The van der Waals surface area contributed by atoms with E-state index in [1.54, 1.807) is 4.68 Å². The van der Waals surface area contributed by atoms with E-state index in [0.717, 1.165) is 24.2 Å². The number of hydrogen-bond acceptors (Lipinski definition) is 6. The third-order valence-corrected chi connectivity index (χ3v) is 4.60. The molecule has 26 heavy (non-hydrogen) atoms. The summed E-state index contributed by atoms with van der Waals surface area (Å²) in [5.41, 5.74) is 3.31. The molecule has 0 saturated heterocycles. The summed E-state index contributed by atoms with van der Waals surface area (Å²) in [6.45, 7) is 12.0. The van der Waals surface area contributed by atoms with Gasteiger partial charge in [0.05, 0.1) is 11.4 Å². The van der Waals surface area contributed by atoms with E-state index in [1.165, 1.54) is 17.3 Å². The van der Waals surface area contributed by atoms with Crippen molar-refractivity contribution in [3.05, 3.63) is 29.3 Å². The molecule has 2 aromatic rings. The molecule has 1 aromatic carbocycles. The van der Waals surface area contributed by atoms with Crippen LogP contribution in [-0.2, 0) is 4.79 Å². The maximum absolute atomic E-state index is 12.0. The molecule has 1 aromatic heterocycles. The summed E-state index contributed by atoms with van der Waals surface area (Å²) in [4.78, 5) is 12.0. The van der Waals surface area contributed by atoms with Crippen molar-refractivity contribution in [2.24, 2.45) is 0 Å². The van der Waals surface area contributed by atoms with Crippen molar-refractivity contribution in [1.82, 2.24) is 30.8 Å². The van der Waals surface area contributed by atoms with E-state index in [1.807, 2.05) is 26.0 Å². The Balaban J connectivity index is 1.81. The molecule has 2 N–H and O–H groups in total. The van der Waals surface area contributed by atoms with Gasteiger partial charge in [-0.05, 0) is 69.6 Å². The van der Waals surface area contributed by atoms with Gasteiger partial charge in [0.1, 0.15) is 0 Å². The standard InChI is InChI=1S/C18H28N6OS/c1-13-7-8-15(14(2)11-13)24-17(21-22-23-24)26-12-16(25)19-9-6-10-20-18(3,4)5/h7-8,11,20H,6,9-10,12H2,1-5H3,(H,19,25). The summed E-state index contributed by atoms with van der Waals surface area (Å²) in [6, 6.07) is 6.11. The molecule has 142 valence electrons. The lowest BCUT2D eigenvalue weighted by molar-refractivity contribution is -0.118. The van der Waals surface area contributed by atoms with Crippen molar-refractivity contribution >= 4 is 17.7 Å². The molecule has 0 atom stereocenters. The Morgan fingerprint density at radius 3 is 2.69 bits per heavy atom. The fraction of sp³-hybridized carbons (Fsp3) is 0.556. The Morgan fingerprint density at radius 1 is 1.23 bits per heavy atom. The third kappa shape index (κ3) is 6.42. The lowest BCUT2D eigenvalue weighted by atomic mass is 10.1. The van der Waals surface area contributed by atoms with Gasteiger partial charge in [0, 0.05) is 12.1 Å². The van der Waals surface area contributed by atoms with Gasteiger partial charge in [0.15, 0.2) is 0 Å². The number of nitrogens with zero attached hydrogens (tertiary/aromatic N) is 4. The second-order valence-corrected chi connectivity index (χ2v) is 8.27. The van der Waals surface area contributed by atoms with Crippen LogP contribution < -0.4 is 10.6 Å². The first-order chi connectivity index (χ1) is 12.3. The minimum Gasteiger partial charge on any atom is -0.355 e. The maximum Gasteiger partial charge on any atom is 0.230 e. The average molecular weight is 377 g/mol. The number of benzene rings is 1. The highest BCUT2D eigenvalue weighted by Crippen LogP contribution is 2.21. The van der Waals surface area contributed by atoms with E-state index in [-0.39, 0.29) is 17.2 Å². The zero-order valence-electron chi connectivity index (χ0n) is 16.2. The highest BCUT2D eigenvalue weighted by molar-refractivity contribution is 7.99. The summed E-state index contributed by atoms with van der Waals surface area (Å²) < 4.78 is 1.68. The Kier molecular flexibility index (Phi) is 7.16. The lowest BCUT2D eigenvalue weighted by Crippen LogP contribution is -2.38. The minimum absolute atomic E-state index is 0.0130. The number of tetrazole rings is 1. The van der Waals surface area contributed by atoms with Crippen molar-refractivity contribution in [3.8, 4) is 5.69 Å². The molecule has 0 aliphatic heterocycles. The van der Waals surface area contributed by atoms with Gasteiger partial charge in [-0.1, -0.05) is 29.5 Å². The van der Waals surface area contributed by atoms with Crippen LogP contribution in [-0.4, -0.2) is 50.5 Å². The molecule has 0 fully saturated rings. The summed E-state index contributed by atoms with van der Waals surface area (Å²) in [6.07, 6.45) is 0.897. The molecule has 0 aliphatic rings. The highest BCUT2D eigenvalue weighted by atomic mass is 32.2. The zero-order valence-corrected chi connectivity index (χ0v) is 17.0. The number of aryl methyl sites for hydroxylation is 2. The maximum atomic E-state index is 12.0. The third-order valence-electron chi connectivity index (χ3n) is 3.68. The number of rotatable bonds is 8. The van der Waals surface area contributed by atoms with Crippen LogP contribution in [0.2, 0.25) is 0 Å². The first kappa shape index (κ1) is 20.4. The van der Waals surface area contributed by atoms with Crippen LogP contribution >= 0.6 is 11.8 Å². The average Bonchev–Trinajstić information content (AvgIpc) is 2.99. The molecular formula is C18H28N6OS. The molecule has 8 heteroatoms. The van der Waals surface area contributed by atoms with E-state index in [2.05, 4.69) is 53.0 Å².